The number of rotatable bonds is 3. The molecule has 1 aliphatic carbocycles. The van der Waals surface area contributed by atoms with Crippen molar-refractivity contribution in [2.75, 3.05) is 11.9 Å². The summed E-state index contributed by atoms with van der Waals surface area (Å²) < 4.78 is 0. The number of nitrogens with zero attached hydrogens (tertiary/aromatic N) is 2. The highest BCUT2D eigenvalue weighted by molar-refractivity contribution is 6.30. The predicted molar refractivity (Wildman–Crippen MR) is 71.5 cm³/mol. The Hall–Kier alpha value is -0.830. The van der Waals surface area contributed by atoms with Crippen molar-refractivity contribution in [2.24, 2.45) is 11.8 Å². The molecule has 1 heterocycles. The lowest BCUT2D eigenvalue weighted by Gasteiger charge is -2.17. The summed E-state index contributed by atoms with van der Waals surface area (Å²) in [5.41, 5.74) is 0.947. The third-order valence-electron chi connectivity index (χ3n) is 3.77. The minimum Gasteiger partial charge on any atom is -0.369 e. The summed E-state index contributed by atoms with van der Waals surface area (Å²) in [6.07, 6.45) is 4.04. The van der Waals surface area contributed by atoms with Crippen molar-refractivity contribution < 1.29 is 0 Å². The molecule has 0 aromatic carbocycles. The highest BCUT2D eigenvalue weighted by Crippen LogP contribution is 2.31. The quantitative estimate of drug-likeness (QED) is 0.837. The van der Waals surface area contributed by atoms with Crippen LogP contribution in [0, 0.1) is 25.7 Å². The van der Waals surface area contributed by atoms with Crippen LogP contribution in [-0.4, -0.2) is 16.5 Å². The summed E-state index contributed by atoms with van der Waals surface area (Å²) in [5.74, 6) is 3.20. The van der Waals surface area contributed by atoms with E-state index in [-0.39, 0.29) is 0 Å². The number of anilines is 1. The van der Waals surface area contributed by atoms with Crippen molar-refractivity contribution in [1.82, 2.24) is 9.97 Å². The smallest absolute Gasteiger partial charge is 0.137 e. The zero-order valence-electron chi connectivity index (χ0n) is 10.8. The molecule has 1 aromatic rings. The fourth-order valence-electron chi connectivity index (χ4n) is 2.52. The minimum absolute atomic E-state index is 0.555. The van der Waals surface area contributed by atoms with E-state index in [9.17, 15) is 0 Å². The van der Waals surface area contributed by atoms with Gasteiger partial charge in [0.15, 0.2) is 0 Å². The molecule has 94 valence electrons. The van der Waals surface area contributed by atoms with E-state index in [2.05, 4.69) is 22.2 Å². The molecule has 17 heavy (non-hydrogen) atoms. The molecule has 4 heteroatoms. The zero-order valence-corrected chi connectivity index (χ0v) is 11.5. The van der Waals surface area contributed by atoms with Gasteiger partial charge in [0.1, 0.15) is 16.8 Å². The van der Waals surface area contributed by atoms with Crippen LogP contribution in [0.4, 0.5) is 5.82 Å². The molecule has 1 aromatic heterocycles. The molecule has 2 rings (SSSR count). The van der Waals surface area contributed by atoms with E-state index >= 15 is 0 Å². The van der Waals surface area contributed by atoms with Gasteiger partial charge in [0.25, 0.3) is 0 Å². The van der Waals surface area contributed by atoms with Gasteiger partial charge in [0.05, 0.1) is 0 Å². The average Bonchev–Trinajstić information content (AvgIpc) is 2.67. The lowest BCUT2D eigenvalue weighted by atomic mass is 9.98. The van der Waals surface area contributed by atoms with Gasteiger partial charge in [-0.2, -0.15) is 0 Å². The molecular weight excluding hydrogens is 234 g/mol. The van der Waals surface area contributed by atoms with Gasteiger partial charge in [0, 0.05) is 12.1 Å². The van der Waals surface area contributed by atoms with Crippen molar-refractivity contribution in [3.05, 3.63) is 16.5 Å². The third kappa shape index (κ3) is 2.89. The molecule has 2 atom stereocenters. The maximum Gasteiger partial charge on any atom is 0.137 e. The number of nitrogens with one attached hydrogen (secondary N) is 1. The molecule has 0 bridgehead atoms. The first kappa shape index (κ1) is 12.6. The summed E-state index contributed by atoms with van der Waals surface area (Å²) in [6.45, 7) is 7.16. The lowest BCUT2D eigenvalue weighted by molar-refractivity contribution is 0.439. The SMILES string of the molecule is Cc1nc(Cl)c(C)c(NCC2CCCC2C)n1. The van der Waals surface area contributed by atoms with Gasteiger partial charge in [-0.25, -0.2) is 9.97 Å². The van der Waals surface area contributed by atoms with Crippen LogP contribution in [0.3, 0.4) is 0 Å². The van der Waals surface area contributed by atoms with Gasteiger partial charge in [-0.1, -0.05) is 31.4 Å². The monoisotopic (exact) mass is 253 g/mol. The van der Waals surface area contributed by atoms with E-state index in [1.54, 1.807) is 0 Å². The molecule has 1 fully saturated rings. The largest absolute Gasteiger partial charge is 0.369 e. The summed E-state index contributed by atoms with van der Waals surface area (Å²) >= 11 is 6.05. The fourth-order valence-corrected chi connectivity index (χ4v) is 2.73. The molecule has 1 aliphatic rings. The van der Waals surface area contributed by atoms with E-state index in [1.807, 2.05) is 13.8 Å². The predicted octanol–water partition coefficient (Wildman–Crippen LogP) is 3.59. The topological polar surface area (TPSA) is 37.8 Å². The Morgan fingerprint density at radius 2 is 2.06 bits per heavy atom. The van der Waals surface area contributed by atoms with Crippen molar-refractivity contribution in [2.45, 2.75) is 40.0 Å². The summed E-state index contributed by atoms with van der Waals surface area (Å²) in [7, 11) is 0. The zero-order chi connectivity index (χ0) is 12.4. The fraction of sp³-hybridized carbons (Fsp3) is 0.692. The molecule has 3 nitrogen and oxygen atoms in total. The van der Waals surface area contributed by atoms with E-state index in [0.29, 0.717) is 5.15 Å². The number of aryl methyl sites for hydroxylation is 1. The second-order valence-electron chi connectivity index (χ2n) is 5.08. The first-order chi connectivity index (χ1) is 8.08. The molecule has 0 aliphatic heterocycles. The molecule has 0 saturated heterocycles. The van der Waals surface area contributed by atoms with Crippen LogP contribution in [0.15, 0.2) is 0 Å². The highest BCUT2D eigenvalue weighted by atomic mass is 35.5. The maximum absolute atomic E-state index is 6.05. The van der Waals surface area contributed by atoms with Gasteiger partial charge in [-0.15, -0.1) is 0 Å². The molecule has 0 radical (unpaired) electrons. The van der Waals surface area contributed by atoms with Crippen LogP contribution < -0.4 is 5.32 Å². The molecular formula is C13H20ClN3. The summed E-state index contributed by atoms with van der Waals surface area (Å²) in [4.78, 5) is 8.56. The number of halogens is 1. The lowest BCUT2D eigenvalue weighted by Crippen LogP contribution is -2.18. The van der Waals surface area contributed by atoms with E-state index in [4.69, 9.17) is 11.6 Å². The van der Waals surface area contributed by atoms with Gasteiger partial charge >= 0.3 is 0 Å². The summed E-state index contributed by atoms with van der Waals surface area (Å²) in [6, 6.07) is 0. The van der Waals surface area contributed by atoms with Gasteiger partial charge in [-0.3, -0.25) is 0 Å². The summed E-state index contributed by atoms with van der Waals surface area (Å²) in [5, 5.41) is 3.99. The normalized spacial score (nSPS) is 24.0. The average molecular weight is 254 g/mol. The van der Waals surface area contributed by atoms with E-state index in [0.717, 1.165) is 35.6 Å². The second kappa shape index (κ2) is 5.21. The Balaban J connectivity index is 2.03. The van der Waals surface area contributed by atoms with E-state index in [1.165, 1.54) is 19.3 Å². The Kier molecular flexibility index (Phi) is 3.87. The van der Waals surface area contributed by atoms with Gasteiger partial charge in [0.2, 0.25) is 0 Å². The van der Waals surface area contributed by atoms with Gasteiger partial charge in [-0.05, 0) is 32.1 Å². The maximum atomic E-state index is 6.05. The van der Waals surface area contributed by atoms with Crippen LogP contribution >= 0.6 is 11.6 Å². The molecule has 1 saturated carbocycles. The Bertz CT molecular complexity index is 406. The molecule has 0 amide bonds. The van der Waals surface area contributed by atoms with E-state index < -0.39 is 0 Å². The van der Waals surface area contributed by atoms with Crippen LogP contribution in [0.25, 0.3) is 0 Å². The number of hydrogen-bond donors (Lipinski definition) is 1. The second-order valence-corrected chi connectivity index (χ2v) is 5.44. The highest BCUT2D eigenvalue weighted by Gasteiger charge is 2.23. The Morgan fingerprint density at radius 1 is 1.29 bits per heavy atom. The van der Waals surface area contributed by atoms with Crippen LogP contribution in [0.1, 0.15) is 37.6 Å². The van der Waals surface area contributed by atoms with Crippen LogP contribution in [0.5, 0.6) is 0 Å². The van der Waals surface area contributed by atoms with Crippen LogP contribution in [0.2, 0.25) is 5.15 Å². The van der Waals surface area contributed by atoms with Crippen molar-refractivity contribution in [3.63, 3.8) is 0 Å². The molecule has 2 unspecified atom stereocenters. The first-order valence-electron chi connectivity index (χ1n) is 6.32. The minimum atomic E-state index is 0.555. The standard InChI is InChI=1S/C13H20ClN3/c1-8-5-4-6-11(8)7-15-13-9(2)12(14)16-10(3)17-13/h8,11H,4-7H2,1-3H3,(H,15,16,17). The molecule has 1 N–H and O–H groups in total. The molecule has 0 spiro atoms. The van der Waals surface area contributed by atoms with Crippen molar-refractivity contribution in [3.8, 4) is 0 Å². The van der Waals surface area contributed by atoms with Gasteiger partial charge < -0.3 is 5.32 Å². The number of aromatic nitrogens is 2. The Labute approximate surface area is 108 Å². The third-order valence-corrected chi connectivity index (χ3v) is 4.14. The van der Waals surface area contributed by atoms with Crippen molar-refractivity contribution >= 4 is 17.4 Å². The first-order valence-corrected chi connectivity index (χ1v) is 6.70. The Morgan fingerprint density at radius 3 is 2.71 bits per heavy atom. The van der Waals surface area contributed by atoms with Crippen molar-refractivity contribution in [1.29, 1.82) is 0 Å². The number of hydrogen-bond acceptors (Lipinski definition) is 3. The van der Waals surface area contributed by atoms with Crippen LogP contribution in [-0.2, 0) is 0 Å².